The second kappa shape index (κ2) is 9.67. The highest BCUT2D eigenvalue weighted by Gasteiger charge is 2.21. The summed E-state index contributed by atoms with van der Waals surface area (Å²) in [5.74, 6) is -0.420. The predicted molar refractivity (Wildman–Crippen MR) is 116 cm³/mol. The van der Waals surface area contributed by atoms with Gasteiger partial charge in [-0.3, -0.25) is 4.79 Å². The van der Waals surface area contributed by atoms with Crippen LogP contribution in [0.3, 0.4) is 0 Å². The maximum absolute atomic E-state index is 13.4. The fourth-order valence-corrected chi connectivity index (χ4v) is 3.79. The van der Waals surface area contributed by atoms with Crippen LogP contribution >= 0.6 is 23.4 Å². The van der Waals surface area contributed by atoms with Gasteiger partial charge >= 0.3 is 0 Å². The van der Waals surface area contributed by atoms with E-state index in [2.05, 4.69) is 25.6 Å². The summed E-state index contributed by atoms with van der Waals surface area (Å²) in [5.41, 5.74) is 2.08. The van der Waals surface area contributed by atoms with Crippen molar-refractivity contribution in [3.8, 4) is 5.69 Å². The molecule has 1 amide bonds. The topological polar surface area (TPSA) is 85.6 Å². The number of aromatic nitrogens is 5. The summed E-state index contributed by atoms with van der Waals surface area (Å²) >= 11 is 7.51. The summed E-state index contributed by atoms with van der Waals surface area (Å²) in [4.78, 5) is 21.3. The first-order valence-electron chi connectivity index (χ1n) is 9.24. The molecule has 7 nitrogen and oxygen atoms in total. The monoisotopic (exact) mass is 454 g/mol. The number of nitrogens with one attached hydrogen (secondary N) is 1. The number of halogens is 2. The minimum atomic E-state index is -0.391. The molecule has 0 unspecified atom stereocenters. The fraction of sp³-hybridized carbons (Fsp3) is 0.0952. The van der Waals surface area contributed by atoms with Gasteiger partial charge in [0.25, 0.3) is 5.91 Å². The lowest BCUT2D eigenvalue weighted by Gasteiger charge is -2.09. The maximum Gasteiger partial charge on any atom is 0.274 e. The van der Waals surface area contributed by atoms with E-state index in [1.54, 1.807) is 36.7 Å². The van der Waals surface area contributed by atoms with E-state index in [4.69, 9.17) is 11.6 Å². The van der Waals surface area contributed by atoms with Gasteiger partial charge in [0.1, 0.15) is 5.82 Å². The molecule has 10 heteroatoms. The number of rotatable bonds is 7. The van der Waals surface area contributed by atoms with Crippen molar-refractivity contribution in [1.82, 2.24) is 30.3 Å². The molecule has 0 bridgehead atoms. The molecule has 2 aromatic heterocycles. The molecular weight excluding hydrogens is 439 g/mol. The van der Waals surface area contributed by atoms with Crippen molar-refractivity contribution in [3.05, 3.63) is 94.8 Å². The van der Waals surface area contributed by atoms with Gasteiger partial charge in [0, 0.05) is 29.7 Å². The van der Waals surface area contributed by atoms with Gasteiger partial charge in [-0.05, 0) is 42.0 Å². The Hall–Kier alpha value is -3.30. The van der Waals surface area contributed by atoms with Crippen LogP contribution in [-0.2, 0) is 12.3 Å². The van der Waals surface area contributed by atoms with Gasteiger partial charge in [-0.15, -0.1) is 5.10 Å². The second-order valence-electron chi connectivity index (χ2n) is 6.37. The third-order valence-electron chi connectivity index (χ3n) is 4.33. The molecule has 0 atom stereocenters. The molecule has 0 aliphatic carbocycles. The van der Waals surface area contributed by atoms with Gasteiger partial charge < -0.3 is 5.32 Å². The minimum Gasteiger partial charge on any atom is -0.346 e. The lowest BCUT2D eigenvalue weighted by Crippen LogP contribution is -2.24. The molecule has 0 radical (unpaired) electrons. The number of carbonyl (C=O) groups excluding carboxylic acids is 1. The van der Waals surface area contributed by atoms with E-state index >= 15 is 0 Å². The van der Waals surface area contributed by atoms with Crippen LogP contribution in [0.4, 0.5) is 4.39 Å². The average molecular weight is 455 g/mol. The Balaban J connectivity index is 1.60. The van der Waals surface area contributed by atoms with Crippen molar-refractivity contribution >= 4 is 29.3 Å². The Kier molecular flexibility index (Phi) is 6.54. The second-order valence-corrected chi connectivity index (χ2v) is 7.72. The van der Waals surface area contributed by atoms with E-state index in [1.165, 1.54) is 28.6 Å². The molecule has 156 valence electrons. The molecule has 4 aromatic rings. The first-order chi connectivity index (χ1) is 15.1. The van der Waals surface area contributed by atoms with Crippen LogP contribution in [0.1, 0.15) is 21.7 Å². The van der Waals surface area contributed by atoms with Crippen molar-refractivity contribution in [1.29, 1.82) is 0 Å². The number of hydrogen-bond donors (Lipinski definition) is 1. The van der Waals surface area contributed by atoms with Crippen LogP contribution in [0, 0.1) is 5.82 Å². The highest BCUT2D eigenvalue weighted by molar-refractivity contribution is 7.98. The Labute approximate surface area is 186 Å². The average Bonchev–Trinajstić information content (AvgIpc) is 3.22. The number of nitrogens with zero attached hydrogens (tertiary/aromatic N) is 5. The van der Waals surface area contributed by atoms with Crippen LogP contribution in [0.5, 0.6) is 0 Å². The van der Waals surface area contributed by atoms with Crippen LogP contribution in [0.2, 0.25) is 5.02 Å². The fourth-order valence-electron chi connectivity index (χ4n) is 2.79. The van der Waals surface area contributed by atoms with Crippen molar-refractivity contribution in [2.24, 2.45) is 0 Å². The summed E-state index contributed by atoms with van der Waals surface area (Å²) < 4.78 is 14.9. The summed E-state index contributed by atoms with van der Waals surface area (Å²) in [6.07, 6.45) is 3.28. The summed E-state index contributed by atoms with van der Waals surface area (Å²) in [6.45, 7) is 0.246. The van der Waals surface area contributed by atoms with E-state index in [0.29, 0.717) is 27.3 Å². The Bertz CT molecular complexity index is 1190. The van der Waals surface area contributed by atoms with E-state index in [9.17, 15) is 9.18 Å². The highest BCUT2D eigenvalue weighted by Crippen LogP contribution is 2.23. The summed E-state index contributed by atoms with van der Waals surface area (Å²) in [7, 11) is 0. The number of thioether (sulfide) groups is 1. The number of hydrogen-bond acceptors (Lipinski definition) is 6. The van der Waals surface area contributed by atoms with E-state index in [-0.39, 0.29) is 18.1 Å². The Morgan fingerprint density at radius 2 is 1.81 bits per heavy atom. The molecule has 0 saturated carbocycles. The van der Waals surface area contributed by atoms with Crippen LogP contribution in [0.25, 0.3) is 5.69 Å². The predicted octanol–water partition coefficient (Wildman–Crippen LogP) is 4.07. The first-order valence-corrected chi connectivity index (χ1v) is 10.6. The third kappa shape index (κ3) is 5.07. The van der Waals surface area contributed by atoms with Gasteiger partial charge in [-0.1, -0.05) is 46.8 Å². The summed E-state index contributed by atoms with van der Waals surface area (Å²) in [6, 6.07) is 14.8. The molecule has 4 rings (SSSR count). The first kappa shape index (κ1) is 21.0. The number of benzene rings is 2. The molecule has 2 aromatic carbocycles. The molecule has 0 saturated heterocycles. The summed E-state index contributed by atoms with van der Waals surface area (Å²) in [5, 5.41) is 12.2. The Morgan fingerprint density at radius 1 is 1.06 bits per heavy atom. The van der Waals surface area contributed by atoms with Gasteiger partial charge in [0.2, 0.25) is 0 Å². The lowest BCUT2D eigenvalue weighted by molar-refractivity contribution is 0.0945. The van der Waals surface area contributed by atoms with E-state index in [1.807, 2.05) is 18.2 Å². The third-order valence-corrected chi connectivity index (χ3v) is 5.58. The largest absolute Gasteiger partial charge is 0.346 e. The normalized spacial score (nSPS) is 10.8. The SMILES string of the molecule is O=C(NCc1ccccc1Cl)c1nnn(-c2ccc(F)cc2)c1CSc1ncccn1. The smallest absolute Gasteiger partial charge is 0.274 e. The molecule has 0 aliphatic heterocycles. The molecule has 2 heterocycles. The zero-order valence-electron chi connectivity index (χ0n) is 16.1. The maximum atomic E-state index is 13.4. The number of carbonyl (C=O) groups is 1. The highest BCUT2D eigenvalue weighted by atomic mass is 35.5. The van der Waals surface area contributed by atoms with Crippen molar-refractivity contribution in [3.63, 3.8) is 0 Å². The van der Waals surface area contributed by atoms with Crippen LogP contribution < -0.4 is 5.32 Å². The van der Waals surface area contributed by atoms with Crippen molar-refractivity contribution < 1.29 is 9.18 Å². The van der Waals surface area contributed by atoms with Gasteiger partial charge in [-0.25, -0.2) is 19.0 Å². The molecule has 0 fully saturated rings. The van der Waals surface area contributed by atoms with Crippen LogP contribution in [-0.4, -0.2) is 30.9 Å². The van der Waals surface area contributed by atoms with Gasteiger partial charge in [0.05, 0.1) is 11.4 Å². The molecular formula is C21H16ClFN6OS. The van der Waals surface area contributed by atoms with Crippen LogP contribution in [0.15, 0.2) is 72.1 Å². The molecule has 1 N–H and O–H groups in total. The standard InChI is InChI=1S/C21H16ClFN6OS/c22-17-5-2-1-4-14(17)12-26-20(30)19-18(13-31-21-24-10-3-11-25-21)29(28-27-19)16-8-6-15(23)7-9-16/h1-11H,12-13H2,(H,26,30). The van der Waals surface area contributed by atoms with Crippen molar-refractivity contribution in [2.45, 2.75) is 17.5 Å². The molecule has 31 heavy (non-hydrogen) atoms. The lowest BCUT2D eigenvalue weighted by atomic mass is 10.2. The number of amides is 1. The molecule has 0 spiro atoms. The van der Waals surface area contributed by atoms with Gasteiger partial charge in [0.15, 0.2) is 10.9 Å². The van der Waals surface area contributed by atoms with E-state index < -0.39 is 5.91 Å². The molecule has 0 aliphatic rings. The Morgan fingerprint density at radius 3 is 2.55 bits per heavy atom. The quantitative estimate of drug-likeness (QED) is 0.334. The zero-order valence-corrected chi connectivity index (χ0v) is 17.6. The van der Waals surface area contributed by atoms with E-state index in [0.717, 1.165) is 5.56 Å². The minimum absolute atomic E-state index is 0.166. The van der Waals surface area contributed by atoms with Crippen molar-refractivity contribution in [2.75, 3.05) is 0 Å². The van der Waals surface area contributed by atoms with Gasteiger partial charge in [-0.2, -0.15) is 0 Å². The zero-order chi connectivity index (χ0) is 21.6.